The van der Waals surface area contributed by atoms with Gasteiger partial charge in [-0.25, -0.2) is 0 Å². The number of aliphatic hydroxyl groups is 1. The van der Waals surface area contributed by atoms with Gasteiger partial charge in [-0.05, 0) is 30.6 Å². The molecule has 0 saturated carbocycles. The normalized spacial score (nSPS) is 12.5. The number of benzene rings is 1. The molecular formula is C14H18N2O2S. The quantitative estimate of drug-likeness (QED) is 0.757. The van der Waals surface area contributed by atoms with E-state index in [4.69, 9.17) is 0 Å². The molecule has 0 aliphatic rings. The van der Waals surface area contributed by atoms with Crippen LogP contribution in [-0.2, 0) is 0 Å². The van der Waals surface area contributed by atoms with Crippen molar-refractivity contribution < 1.29 is 9.90 Å². The van der Waals surface area contributed by atoms with Gasteiger partial charge in [-0.3, -0.25) is 4.79 Å². The van der Waals surface area contributed by atoms with E-state index in [1.54, 1.807) is 11.8 Å². The van der Waals surface area contributed by atoms with Crippen LogP contribution in [0.4, 0.5) is 0 Å². The van der Waals surface area contributed by atoms with Crippen LogP contribution < -0.4 is 5.32 Å². The van der Waals surface area contributed by atoms with Crippen LogP contribution in [0.1, 0.15) is 16.9 Å². The van der Waals surface area contributed by atoms with E-state index in [-0.39, 0.29) is 12.5 Å². The van der Waals surface area contributed by atoms with Crippen LogP contribution in [0.25, 0.3) is 10.9 Å². The first-order valence-electron chi connectivity index (χ1n) is 6.23. The molecule has 0 radical (unpaired) electrons. The summed E-state index contributed by atoms with van der Waals surface area (Å²) in [6, 6.07) is 9.56. The zero-order valence-electron chi connectivity index (χ0n) is 10.8. The number of aliphatic hydroxyl groups excluding tert-OH is 1. The molecule has 5 heteroatoms. The average Bonchev–Trinajstić information content (AvgIpc) is 2.86. The molecule has 0 saturated heterocycles. The van der Waals surface area contributed by atoms with Crippen molar-refractivity contribution in [1.29, 1.82) is 0 Å². The fraction of sp³-hybridized carbons (Fsp3) is 0.357. The first-order valence-corrected chi connectivity index (χ1v) is 7.63. The molecule has 19 heavy (non-hydrogen) atoms. The molecule has 0 aliphatic heterocycles. The highest BCUT2D eigenvalue weighted by atomic mass is 32.2. The maximum Gasteiger partial charge on any atom is 0.267 e. The first kappa shape index (κ1) is 14.0. The topological polar surface area (TPSA) is 65.1 Å². The van der Waals surface area contributed by atoms with E-state index < -0.39 is 6.10 Å². The third-order valence-corrected chi connectivity index (χ3v) is 3.57. The van der Waals surface area contributed by atoms with E-state index >= 15 is 0 Å². The molecule has 1 heterocycles. The SMILES string of the molecule is CSCCC(O)CNC(=O)c1cc2ccccc2[nH]1. The molecule has 2 aromatic rings. The monoisotopic (exact) mass is 278 g/mol. The maximum atomic E-state index is 11.9. The standard InChI is InChI=1S/C14H18N2O2S/c1-19-7-6-11(17)9-15-14(18)13-8-10-4-2-3-5-12(10)16-13/h2-5,8,11,16-17H,6-7,9H2,1H3,(H,15,18). The summed E-state index contributed by atoms with van der Waals surface area (Å²) in [5.41, 5.74) is 1.47. The van der Waals surface area contributed by atoms with E-state index in [0.717, 1.165) is 16.7 Å². The predicted octanol–water partition coefficient (Wildman–Crippen LogP) is 2.01. The summed E-state index contributed by atoms with van der Waals surface area (Å²) in [6.07, 6.45) is 2.20. The van der Waals surface area contributed by atoms with Crippen LogP contribution in [0.2, 0.25) is 0 Å². The Morgan fingerprint density at radius 3 is 3.00 bits per heavy atom. The van der Waals surface area contributed by atoms with Crippen LogP contribution in [-0.4, -0.2) is 40.7 Å². The number of para-hydroxylation sites is 1. The Bertz CT molecular complexity index is 520. The van der Waals surface area contributed by atoms with Gasteiger partial charge in [0.15, 0.2) is 0 Å². The van der Waals surface area contributed by atoms with E-state index in [1.807, 2.05) is 36.6 Å². The van der Waals surface area contributed by atoms with Gasteiger partial charge >= 0.3 is 0 Å². The van der Waals surface area contributed by atoms with Gasteiger partial charge in [-0.1, -0.05) is 18.2 Å². The summed E-state index contributed by atoms with van der Waals surface area (Å²) in [5.74, 6) is 0.711. The molecule has 0 aliphatic carbocycles. The van der Waals surface area contributed by atoms with E-state index in [1.165, 1.54) is 0 Å². The first-order chi connectivity index (χ1) is 9.20. The molecule has 1 aromatic heterocycles. The Morgan fingerprint density at radius 1 is 1.47 bits per heavy atom. The molecular weight excluding hydrogens is 260 g/mol. The molecule has 0 fully saturated rings. The number of aromatic amines is 1. The van der Waals surface area contributed by atoms with Crippen molar-refractivity contribution in [3.63, 3.8) is 0 Å². The van der Waals surface area contributed by atoms with E-state index in [9.17, 15) is 9.90 Å². The van der Waals surface area contributed by atoms with Crippen LogP contribution in [0.5, 0.6) is 0 Å². The average molecular weight is 278 g/mol. The van der Waals surface area contributed by atoms with Crippen LogP contribution in [0.3, 0.4) is 0 Å². The molecule has 1 atom stereocenters. The largest absolute Gasteiger partial charge is 0.391 e. The fourth-order valence-electron chi connectivity index (χ4n) is 1.86. The lowest BCUT2D eigenvalue weighted by Crippen LogP contribution is -2.32. The van der Waals surface area contributed by atoms with Crippen LogP contribution >= 0.6 is 11.8 Å². The molecule has 4 nitrogen and oxygen atoms in total. The number of hydrogen-bond donors (Lipinski definition) is 3. The van der Waals surface area contributed by atoms with Crippen molar-refractivity contribution in [3.8, 4) is 0 Å². The Balaban J connectivity index is 1.92. The molecule has 1 aromatic carbocycles. The molecule has 0 spiro atoms. The van der Waals surface area contributed by atoms with Gasteiger partial charge in [0.1, 0.15) is 5.69 Å². The molecule has 1 amide bonds. The summed E-state index contributed by atoms with van der Waals surface area (Å²) in [4.78, 5) is 15.0. The summed E-state index contributed by atoms with van der Waals surface area (Å²) in [7, 11) is 0. The Labute approximate surface area is 116 Å². The minimum atomic E-state index is -0.485. The van der Waals surface area contributed by atoms with Gasteiger partial charge in [-0.2, -0.15) is 11.8 Å². The lowest BCUT2D eigenvalue weighted by atomic mass is 10.2. The van der Waals surface area contributed by atoms with Crippen LogP contribution in [0, 0.1) is 0 Å². The van der Waals surface area contributed by atoms with Gasteiger partial charge in [0, 0.05) is 17.4 Å². The summed E-state index contributed by atoms with van der Waals surface area (Å²) in [5, 5.41) is 13.4. The number of hydrogen-bond acceptors (Lipinski definition) is 3. The second-order valence-corrected chi connectivity index (χ2v) is 5.40. The van der Waals surface area contributed by atoms with Gasteiger partial charge < -0.3 is 15.4 Å². The number of fused-ring (bicyclic) bond motifs is 1. The van der Waals surface area contributed by atoms with Gasteiger partial charge in [-0.15, -0.1) is 0 Å². The van der Waals surface area contributed by atoms with Gasteiger partial charge in [0.2, 0.25) is 0 Å². The minimum Gasteiger partial charge on any atom is -0.391 e. The summed E-state index contributed by atoms with van der Waals surface area (Å²) in [6.45, 7) is 0.286. The molecule has 3 N–H and O–H groups in total. The highest BCUT2D eigenvalue weighted by molar-refractivity contribution is 7.98. The van der Waals surface area contributed by atoms with Crippen molar-refractivity contribution in [2.24, 2.45) is 0 Å². The van der Waals surface area contributed by atoms with Crippen molar-refractivity contribution in [2.45, 2.75) is 12.5 Å². The Hall–Kier alpha value is -1.46. The number of carbonyl (C=O) groups excluding carboxylic acids is 1. The molecule has 1 unspecified atom stereocenters. The number of amides is 1. The number of aromatic nitrogens is 1. The predicted molar refractivity (Wildman–Crippen MR) is 79.6 cm³/mol. The van der Waals surface area contributed by atoms with Gasteiger partial charge in [0.25, 0.3) is 5.91 Å². The van der Waals surface area contributed by atoms with Crippen molar-refractivity contribution in [3.05, 3.63) is 36.0 Å². The number of carbonyl (C=O) groups is 1. The lowest BCUT2D eigenvalue weighted by molar-refractivity contribution is 0.0910. The van der Waals surface area contributed by atoms with Crippen LogP contribution in [0.15, 0.2) is 30.3 Å². The summed E-state index contributed by atoms with van der Waals surface area (Å²) >= 11 is 1.68. The number of thioether (sulfide) groups is 1. The van der Waals surface area contributed by atoms with Crippen molar-refractivity contribution >= 4 is 28.6 Å². The second-order valence-electron chi connectivity index (χ2n) is 4.42. The highest BCUT2D eigenvalue weighted by Crippen LogP contribution is 2.14. The van der Waals surface area contributed by atoms with E-state index in [2.05, 4.69) is 10.3 Å². The summed E-state index contributed by atoms with van der Waals surface area (Å²) < 4.78 is 0. The number of rotatable bonds is 6. The van der Waals surface area contributed by atoms with Crippen molar-refractivity contribution in [2.75, 3.05) is 18.6 Å². The number of H-pyrrole nitrogens is 1. The smallest absolute Gasteiger partial charge is 0.267 e. The molecule has 0 bridgehead atoms. The zero-order valence-corrected chi connectivity index (χ0v) is 11.7. The third kappa shape index (κ3) is 3.75. The zero-order chi connectivity index (χ0) is 13.7. The lowest BCUT2D eigenvalue weighted by Gasteiger charge is -2.10. The molecule has 2 rings (SSSR count). The second kappa shape index (κ2) is 6.63. The van der Waals surface area contributed by atoms with E-state index in [0.29, 0.717) is 12.1 Å². The maximum absolute atomic E-state index is 11.9. The number of nitrogens with one attached hydrogen (secondary N) is 2. The fourth-order valence-corrected chi connectivity index (χ4v) is 2.37. The van der Waals surface area contributed by atoms with Crippen molar-refractivity contribution in [1.82, 2.24) is 10.3 Å². The Morgan fingerprint density at radius 2 is 2.26 bits per heavy atom. The minimum absolute atomic E-state index is 0.181. The molecule has 102 valence electrons. The highest BCUT2D eigenvalue weighted by Gasteiger charge is 2.11. The Kier molecular flexibility index (Phi) is 4.87. The third-order valence-electron chi connectivity index (χ3n) is 2.93. The van der Waals surface area contributed by atoms with Gasteiger partial charge in [0.05, 0.1) is 6.10 Å².